The van der Waals surface area contributed by atoms with Crippen molar-refractivity contribution in [2.24, 2.45) is 0 Å². The van der Waals surface area contributed by atoms with Gasteiger partial charge in [-0.3, -0.25) is 4.79 Å². The molecule has 0 fully saturated rings. The Bertz CT molecular complexity index is 1130. The third-order valence-electron chi connectivity index (χ3n) is 4.57. The zero-order chi connectivity index (χ0) is 18.3. The number of carbonyl (C=O) groups is 1. The number of benzene rings is 2. The summed E-state index contributed by atoms with van der Waals surface area (Å²) >= 11 is 0. The number of hydrogen-bond donors (Lipinski definition) is 2. The van der Waals surface area contributed by atoms with Crippen LogP contribution in [-0.4, -0.2) is 30.0 Å². The molecule has 4 rings (SSSR count). The molecule has 0 saturated carbocycles. The summed E-state index contributed by atoms with van der Waals surface area (Å²) in [5, 5.41) is 3.73. The van der Waals surface area contributed by atoms with E-state index in [0.717, 1.165) is 44.5 Å². The maximum atomic E-state index is 12.5. The van der Waals surface area contributed by atoms with Crippen molar-refractivity contribution in [3.63, 3.8) is 0 Å². The molecule has 0 aliphatic heterocycles. The van der Waals surface area contributed by atoms with Crippen LogP contribution in [0.2, 0.25) is 0 Å². The van der Waals surface area contributed by atoms with E-state index < -0.39 is 0 Å². The summed E-state index contributed by atoms with van der Waals surface area (Å²) in [6.07, 6.45) is 0. The topological polar surface area (TPSA) is 67.0 Å². The average Bonchev–Trinajstić information content (AvgIpc) is 3.04. The fourth-order valence-electron chi connectivity index (χ4n) is 3.19. The lowest BCUT2D eigenvalue weighted by Crippen LogP contribution is -2.18. The highest BCUT2D eigenvalue weighted by Crippen LogP contribution is 2.31. The van der Waals surface area contributed by atoms with Crippen LogP contribution in [0.15, 0.2) is 48.5 Å². The molecule has 5 heteroatoms. The third kappa shape index (κ3) is 2.58. The number of fused-ring (bicyclic) bond motifs is 3. The van der Waals surface area contributed by atoms with Crippen LogP contribution >= 0.6 is 0 Å². The predicted octanol–water partition coefficient (Wildman–Crippen LogP) is 4.06. The van der Waals surface area contributed by atoms with Crippen LogP contribution in [0.5, 0.6) is 5.75 Å². The smallest absolute Gasteiger partial charge is 0.253 e. The Kier molecular flexibility index (Phi) is 3.84. The molecule has 4 aromatic rings. The Labute approximate surface area is 151 Å². The van der Waals surface area contributed by atoms with E-state index in [4.69, 9.17) is 9.72 Å². The SMILES string of the molecule is CNC(=O)c1cc(-c2ccc(OC)cc2)nc2c1[nH]c1cc(C)ccc12. The van der Waals surface area contributed by atoms with Crippen molar-refractivity contribution >= 4 is 27.8 Å². The fourth-order valence-corrected chi connectivity index (χ4v) is 3.19. The van der Waals surface area contributed by atoms with E-state index in [1.165, 1.54) is 0 Å². The van der Waals surface area contributed by atoms with Gasteiger partial charge in [-0.1, -0.05) is 12.1 Å². The van der Waals surface area contributed by atoms with Crippen LogP contribution in [0.4, 0.5) is 0 Å². The number of ether oxygens (including phenoxy) is 1. The minimum Gasteiger partial charge on any atom is -0.497 e. The van der Waals surface area contributed by atoms with Gasteiger partial charge in [0.2, 0.25) is 0 Å². The second kappa shape index (κ2) is 6.19. The molecule has 0 saturated heterocycles. The standard InChI is InChI=1S/C21H19N3O2/c1-12-4-9-15-18(10-12)24-20-16(21(25)22-2)11-17(23-19(15)20)13-5-7-14(26-3)8-6-13/h4-11,24H,1-3H3,(H,22,25). The molecule has 0 aliphatic carbocycles. The number of aromatic nitrogens is 2. The van der Waals surface area contributed by atoms with Crippen LogP contribution < -0.4 is 10.1 Å². The molecule has 2 aromatic heterocycles. The molecule has 2 N–H and O–H groups in total. The molecule has 0 spiro atoms. The van der Waals surface area contributed by atoms with Crippen molar-refractivity contribution < 1.29 is 9.53 Å². The molecule has 130 valence electrons. The number of H-pyrrole nitrogens is 1. The maximum Gasteiger partial charge on any atom is 0.253 e. The average molecular weight is 345 g/mol. The van der Waals surface area contributed by atoms with Gasteiger partial charge < -0.3 is 15.0 Å². The summed E-state index contributed by atoms with van der Waals surface area (Å²) in [7, 11) is 3.27. The first-order chi connectivity index (χ1) is 12.6. The highest BCUT2D eigenvalue weighted by Gasteiger charge is 2.17. The van der Waals surface area contributed by atoms with Gasteiger partial charge >= 0.3 is 0 Å². The van der Waals surface area contributed by atoms with Gasteiger partial charge in [-0.05, 0) is 48.9 Å². The minimum atomic E-state index is -0.143. The van der Waals surface area contributed by atoms with Crippen LogP contribution in [0.1, 0.15) is 15.9 Å². The Hall–Kier alpha value is -3.34. The number of methoxy groups -OCH3 is 1. The van der Waals surface area contributed by atoms with Gasteiger partial charge in [0.05, 0.1) is 29.4 Å². The van der Waals surface area contributed by atoms with Gasteiger partial charge in [-0.25, -0.2) is 4.98 Å². The summed E-state index contributed by atoms with van der Waals surface area (Å²) in [5.74, 6) is 0.638. The number of amides is 1. The molecule has 0 bridgehead atoms. The van der Waals surface area contributed by atoms with Crippen LogP contribution in [-0.2, 0) is 0 Å². The molecule has 1 amide bonds. The summed E-state index contributed by atoms with van der Waals surface area (Å²) in [5.41, 5.74) is 5.94. The summed E-state index contributed by atoms with van der Waals surface area (Å²) in [6.45, 7) is 2.04. The minimum absolute atomic E-state index is 0.143. The number of nitrogens with zero attached hydrogens (tertiary/aromatic N) is 1. The zero-order valence-electron chi connectivity index (χ0n) is 14.9. The number of rotatable bonds is 3. The van der Waals surface area contributed by atoms with Gasteiger partial charge in [-0.2, -0.15) is 0 Å². The van der Waals surface area contributed by atoms with Crippen molar-refractivity contribution in [1.82, 2.24) is 15.3 Å². The van der Waals surface area contributed by atoms with E-state index in [0.29, 0.717) is 5.56 Å². The number of hydrogen-bond acceptors (Lipinski definition) is 3. The van der Waals surface area contributed by atoms with Crippen LogP contribution in [0.3, 0.4) is 0 Å². The van der Waals surface area contributed by atoms with Crippen molar-refractivity contribution in [3.05, 3.63) is 59.7 Å². The first-order valence-electron chi connectivity index (χ1n) is 8.40. The Morgan fingerprint density at radius 1 is 1.12 bits per heavy atom. The van der Waals surface area contributed by atoms with Gasteiger partial charge in [-0.15, -0.1) is 0 Å². The fraction of sp³-hybridized carbons (Fsp3) is 0.143. The van der Waals surface area contributed by atoms with E-state index in [1.807, 2.05) is 43.3 Å². The zero-order valence-corrected chi connectivity index (χ0v) is 14.9. The molecule has 2 heterocycles. The summed E-state index contributed by atoms with van der Waals surface area (Å²) in [4.78, 5) is 20.7. The summed E-state index contributed by atoms with van der Waals surface area (Å²) < 4.78 is 5.22. The van der Waals surface area contributed by atoms with E-state index in [-0.39, 0.29) is 5.91 Å². The molecule has 0 unspecified atom stereocenters. The molecule has 0 radical (unpaired) electrons. The second-order valence-electron chi connectivity index (χ2n) is 6.26. The number of aryl methyl sites for hydroxylation is 1. The van der Waals surface area contributed by atoms with Gasteiger partial charge in [0.25, 0.3) is 5.91 Å². The lowest BCUT2D eigenvalue weighted by molar-refractivity contribution is 0.0964. The monoisotopic (exact) mass is 345 g/mol. The van der Waals surface area contributed by atoms with E-state index >= 15 is 0 Å². The molecular weight excluding hydrogens is 326 g/mol. The number of carbonyl (C=O) groups excluding carboxylic acids is 1. The molecule has 5 nitrogen and oxygen atoms in total. The Morgan fingerprint density at radius 3 is 2.58 bits per heavy atom. The van der Waals surface area contributed by atoms with E-state index in [9.17, 15) is 4.79 Å². The van der Waals surface area contributed by atoms with Crippen molar-refractivity contribution in [2.75, 3.05) is 14.2 Å². The normalized spacial score (nSPS) is 11.0. The van der Waals surface area contributed by atoms with E-state index in [2.05, 4.69) is 22.4 Å². The Balaban J connectivity index is 2.01. The largest absolute Gasteiger partial charge is 0.497 e. The van der Waals surface area contributed by atoms with E-state index in [1.54, 1.807) is 14.2 Å². The lowest BCUT2D eigenvalue weighted by Gasteiger charge is -2.07. The van der Waals surface area contributed by atoms with Crippen molar-refractivity contribution in [1.29, 1.82) is 0 Å². The highest BCUT2D eigenvalue weighted by molar-refractivity contribution is 6.14. The quantitative estimate of drug-likeness (QED) is 0.588. The number of nitrogens with one attached hydrogen (secondary N) is 2. The molecule has 0 aliphatic rings. The number of aromatic amines is 1. The van der Waals surface area contributed by atoms with Gasteiger partial charge in [0, 0.05) is 23.5 Å². The second-order valence-corrected chi connectivity index (χ2v) is 6.26. The molecule has 0 atom stereocenters. The molecular formula is C21H19N3O2. The van der Waals surface area contributed by atoms with Crippen LogP contribution in [0.25, 0.3) is 33.2 Å². The maximum absolute atomic E-state index is 12.5. The van der Waals surface area contributed by atoms with Crippen LogP contribution in [0, 0.1) is 6.92 Å². The first kappa shape index (κ1) is 16.1. The van der Waals surface area contributed by atoms with Gasteiger partial charge in [0.1, 0.15) is 5.75 Å². The molecule has 2 aromatic carbocycles. The third-order valence-corrected chi connectivity index (χ3v) is 4.57. The molecule has 26 heavy (non-hydrogen) atoms. The van der Waals surface area contributed by atoms with Crippen molar-refractivity contribution in [3.8, 4) is 17.0 Å². The highest BCUT2D eigenvalue weighted by atomic mass is 16.5. The van der Waals surface area contributed by atoms with Crippen molar-refractivity contribution in [2.45, 2.75) is 6.92 Å². The van der Waals surface area contributed by atoms with Gasteiger partial charge in [0.15, 0.2) is 0 Å². The Morgan fingerprint density at radius 2 is 1.88 bits per heavy atom. The number of pyridine rings is 1. The first-order valence-corrected chi connectivity index (χ1v) is 8.40. The summed E-state index contributed by atoms with van der Waals surface area (Å²) in [6, 6.07) is 15.7. The lowest BCUT2D eigenvalue weighted by atomic mass is 10.1. The predicted molar refractivity (Wildman–Crippen MR) is 104 cm³/mol.